The third-order valence-corrected chi connectivity index (χ3v) is 14.0. The summed E-state index contributed by atoms with van der Waals surface area (Å²) in [6, 6.07) is 44.6. The third-order valence-electron chi connectivity index (χ3n) is 14.0. The van der Waals surface area contributed by atoms with E-state index in [1.165, 1.54) is 0 Å². The van der Waals surface area contributed by atoms with Crippen molar-refractivity contribution in [1.29, 1.82) is 0 Å². The van der Waals surface area contributed by atoms with Crippen LogP contribution in [-0.2, 0) is 47.3 Å². The molecule has 0 heterocycles. The first-order valence-corrected chi connectivity index (χ1v) is 26.5. The summed E-state index contributed by atoms with van der Waals surface area (Å²) >= 11 is 0. The third kappa shape index (κ3) is 12.6. The lowest BCUT2D eigenvalue weighted by Crippen LogP contribution is -2.19. The molecule has 1 aliphatic carbocycles. The lowest BCUT2D eigenvalue weighted by molar-refractivity contribution is 0.0722. The van der Waals surface area contributed by atoms with Crippen molar-refractivity contribution >= 4 is 17.9 Å². The molecule has 0 unspecified atom stereocenters. The largest absolute Gasteiger partial charge is 0.493 e. The van der Waals surface area contributed by atoms with Crippen LogP contribution in [0.1, 0.15) is 194 Å². The van der Waals surface area contributed by atoms with Gasteiger partial charge in [0.1, 0.15) is 23.0 Å². The molecule has 7 aromatic rings. The van der Waals surface area contributed by atoms with E-state index in [9.17, 15) is 14.4 Å². The van der Waals surface area contributed by atoms with Crippen LogP contribution in [0, 0.1) is 0 Å². The maximum absolute atomic E-state index is 14.6. The van der Waals surface area contributed by atoms with Crippen LogP contribution < -0.4 is 18.9 Å². The number of benzene rings is 7. The second kappa shape index (κ2) is 21.5. The Balaban J connectivity index is 1.53. The Morgan fingerprint density at radius 1 is 0.347 bits per heavy atom. The van der Waals surface area contributed by atoms with Crippen molar-refractivity contribution in [3.8, 4) is 23.0 Å². The predicted molar refractivity (Wildman–Crippen MR) is 302 cm³/mol. The van der Waals surface area contributed by atoms with E-state index in [0.717, 1.165) is 78.9 Å². The van der Waals surface area contributed by atoms with Gasteiger partial charge in [0.25, 0.3) is 0 Å². The summed E-state index contributed by atoms with van der Waals surface area (Å²) in [7, 11) is 0. The van der Waals surface area contributed by atoms with Crippen LogP contribution in [0.15, 0.2) is 140 Å². The Labute approximate surface area is 445 Å². The Bertz CT molecular complexity index is 3060. The molecule has 0 radical (unpaired) electrons. The van der Waals surface area contributed by atoms with Crippen molar-refractivity contribution in [3.05, 3.63) is 223 Å². The van der Waals surface area contributed by atoms with Gasteiger partial charge in [0, 0.05) is 59.1 Å². The molecule has 0 spiro atoms. The Morgan fingerprint density at radius 3 is 0.760 bits per heavy atom. The first-order valence-electron chi connectivity index (χ1n) is 26.5. The first kappa shape index (κ1) is 54.0. The van der Waals surface area contributed by atoms with Crippen LogP contribution in [0.4, 0.5) is 0 Å². The highest BCUT2D eigenvalue weighted by Crippen LogP contribution is 2.45. The first-order chi connectivity index (χ1) is 35.4. The molecule has 7 heteroatoms. The van der Waals surface area contributed by atoms with E-state index in [1.807, 2.05) is 54.6 Å². The van der Waals surface area contributed by atoms with Gasteiger partial charge in [-0.2, -0.15) is 0 Å². The second-order valence-electron chi connectivity index (χ2n) is 24.3. The molecule has 7 nitrogen and oxygen atoms in total. The van der Waals surface area contributed by atoms with Gasteiger partial charge in [-0.3, -0.25) is 0 Å². The van der Waals surface area contributed by atoms with Gasteiger partial charge in [-0.1, -0.05) is 193 Å². The molecule has 388 valence electrons. The molecule has 8 rings (SSSR count). The number of ether oxygens (including phenoxy) is 4. The van der Waals surface area contributed by atoms with Crippen molar-refractivity contribution in [3.63, 3.8) is 0 Å². The van der Waals surface area contributed by atoms with Crippen LogP contribution in [0.3, 0.4) is 0 Å². The maximum atomic E-state index is 14.6. The summed E-state index contributed by atoms with van der Waals surface area (Å²) < 4.78 is 27.2. The number of hydrogen-bond acceptors (Lipinski definition) is 7. The number of hydrogen-bond donors (Lipinski definition) is 0. The van der Waals surface area contributed by atoms with Crippen LogP contribution in [0.25, 0.3) is 0 Å². The van der Waals surface area contributed by atoms with Crippen LogP contribution >= 0.6 is 0 Å². The van der Waals surface area contributed by atoms with E-state index in [1.54, 1.807) is 36.4 Å². The van der Waals surface area contributed by atoms with Gasteiger partial charge in [-0.15, -0.1) is 0 Å². The standard InChI is InChI=1S/C68H74O7/c1-14-30-72-58-46-31-48-37-55(66(5,6)7)39-50(59(48)73-62(69)43-24-18-15-19-25-43)33-52-41-57(68(11,12)13)42-53(61(52)75-64(71)45-28-22-17-23-29-45)34-51-40-56(67(8,9)10)38-49(32-47(58)36-54(35-46)65(2,3)4)60(51)74-63(70)44-26-20-16-21-27-44/h15-29,35-42H,14,30-34H2,1-13H3. The molecule has 7 aromatic carbocycles. The summed E-state index contributed by atoms with van der Waals surface area (Å²) in [6.07, 6.45) is 1.96. The number of carbonyl (C=O) groups is 3. The smallest absolute Gasteiger partial charge is 0.343 e. The molecule has 8 bridgehead atoms. The van der Waals surface area contributed by atoms with E-state index in [4.69, 9.17) is 18.9 Å². The van der Waals surface area contributed by atoms with Gasteiger partial charge in [-0.05, 0) is 97.9 Å². The molecule has 0 aliphatic heterocycles. The summed E-state index contributed by atoms with van der Waals surface area (Å²) in [4.78, 5) is 43.7. The molecule has 75 heavy (non-hydrogen) atoms. The minimum atomic E-state index is -0.511. The number of rotatable bonds is 9. The summed E-state index contributed by atoms with van der Waals surface area (Å²) in [5, 5.41) is 0. The predicted octanol–water partition coefficient (Wildman–Crippen LogP) is 16.0. The van der Waals surface area contributed by atoms with Gasteiger partial charge in [0.15, 0.2) is 0 Å². The van der Waals surface area contributed by atoms with E-state index >= 15 is 0 Å². The molecule has 0 amide bonds. The lowest BCUT2D eigenvalue weighted by atomic mass is 9.79. The SMILES string of the molecule is CCCOc1c2cc(C(C)(C)C)cc1Cc1cc(C(C)(C)C)cc(c1OC(=O)c1ccccc1)Cc1cc(C(C)(C)C)cc(c1OC(=O)c1ccccc1)Cc1cc(C(C)(C)C)cc(c1OC(=O)c1ccccc1)C2. The molecule has 0 saturated heterocycles. The van der Waals surface area contributed by atoms with E-state index in [0.29, 0.717) is 53.4 Å². The van der Waals surface area contributed by atoms with Crippen molar-refractivity contribution in [1.82, 2.24) is 0 Å². The van der Waals surface area contributed by atoms with E-state index < -0.39 is 17.9 Å². The molecule has 1 aliphatic rings. The molecule has 0 fully saturated rings. The molecular formula is C68H74O7. The van der Waals surface area contributed by atoms with Crippen molar-refractivity contribution in [2.45, 2.75) is 144 Å². The van der Waals surface area contributed by atoms with Crippen LogP contribution in [0.5, 0.6) is 23.0 Å². The maximum Gasteiger partial charge on any atom is 0.343 e. The normalized spacial score (nSPS) is 12.9. The van der Waals surface area contributed by atoms with Gasteiger partial charge in [-0.25, -0.2) is 14.4 Å². The zero-order chi connectivity index (χ0) is 54.0. The zero-order valence-corrected chi connectivity index (χ0v) is 46.4. The van der Waals surface area contributed by atoms with Gasteiger partial charge in [0.2, 0.25) is 0 Å². The zero-order valence-electron chi connectivity index (χ0n) is 46.4. The van der Waals surface area contributed by atoms with Crippen molar-refractivity contribution in [2.24, 2.45) is 0 Å². The average molecular weight is 1000 g/mol. The second-order valence-corrected chi connectivity index (χ2v) is 24.3. The minimum Gasteiger partial charge on any atom is -0.493 e. The number of carbonyl (C=O) groups excluding carboxylic acids is 3. The van der Waals surface area contributed by atoms with Gasteiger partial charge >= 0.3 is 17.9 Å². The quantitative estimate of drug-likeness (QED) is 0.105. The highest BCUT2D eigenvalue weighted by Gasteiger charge is 2.31. The highest BCUT2D eigenvalue weighted by molar-refractivity contribution is 5.93. The van der Waals surface area contributed by atoms with Crippen molar-refractivity contribution in [2.75, 3.05) is 6.61 Å². The molecule has 0 saturated carbocycles. The Kier molecular flexibility index (Phi) is 15.5. The molecule has 0 N–H and O–H groups in total. The Hall–Kier alpha value is -7.25. The average Bonchev–Trinajstić information content (AvgIpc) is 3.35. The minimum absolute atomic E-state index is 0.234. The van der Waals surface area contributed by atoms with Crippen LogP contribution in [-0.4, -0.2) is 24.5 Å². The fourth-order valence-corrected chi connectivity index (χ4v) is 9.58. The summed E-state index contributed by atoms with van der Waals surface area (Å²) in [6.45, 7) is 28.9. The monoisotopic (exact) mass is 1000 g/mol. The molecule has 0 atom stereocenters. The van der Waals surface area contributed by atoms with Crippen LogP contribution in [0.2, 0.25) is 0 Å². The van der Waals surface area contributed by atoms with Crippen molar-refractivity contribution < 1.29 is 33.3 Å². The summed E-state index contributed by atoms with van der Waals surface area (Å²) in [5.74, 6) is 0.575. The topological polar surface area (TPSA) is 88.1 Å². The molecular weight excluding hydrogens is 929 g/mol. The van der Waals surface area contributed by atoms with E-state index in [-0.39, 0.29) is 34.5 Å². The number of esters is 3. The van der Waals surface area contributed by atoms with Gasteiger partial charge < -0.3 is 18.9 Å². The fourth-order valence-electron chi connectivity index (χ4n) is 9.58. The fraction of sp³-hybridized carbons (Fsp3) is 0.338. The summed E-state index contributed by atoms with van der Waals surface area (Å²) in [5.41, 5.74) is 10.7. The molecule has 0 aromatic heterocycles. The lowest BCUT2D eigenvalue weighted by Gasteiger charge is -2.29. The van der Waals surface area contributed by atoms with Gasteiger partial charge in [0.05, 0.1) is 23.3 Å². The highest BCUT2D eigenvalue weighted by atomic mass is 16.5. The van der Waals surface area contributed by atoms with E-state index in [2.05, 4.69) is 139 Å². The number of fused-ring (bicyclic) bond motifs is 8. The Morgan fingerprint density at radius 2 is 0.560 bits per heavy atom.